The van der Waals surface area contributed by atoms with Gasteiger partial charge in [0.05, 0.1) is 18.4 Å². The number of urea groups is 1. The van der Waals surface area contributed by atoms with Crippen molar-refractivity contribution in [1.29, 1.82) is 0 Å². The van der Waals surface area contributed by atoms with Crippen molar-refractivity contribution in [2.75, 3.05) is 13.6 Å². The molecule has 1 atom stereocenters. The first-order valence-corrected chi connectivity index (χ1v) is 11.0. The molecule has 0 saturated heterocycles. The Bertz CT molecular complexity index is 936. The smallest absolute Gasteiger partial charge is 0.410 e. The first-order chi connectivity index (χ1) is 15.0. The number of aromatic nitrogens is 1. The molecule has 7 nitrogen and oxygen atoms in total. The second kappa shape index (κ2) is 9.71. The van der Waals surface area contributed by atoms with E-state index >= 15 is 0 Å². The number of amides is 3. The van der Waals surface area contributed by atoms with Crippen LogP contribution in [-0.2, 0) is 17.8 Å². The normalized spacial score (nSPS) is 16.6. The average Bonchev–Trinajstić information content (AvgIpc) is 3.14. The van der Waals surface area contributed by atoms with Crippen molar-refractivity contribution in [1.82, 2.24) is 20.1 Å². The summed E-state index contributed by atoms with van der Waals surface area (Å²) in [5.74, 6) is -0.0625. The molecule has 0 fully saturated rings. The Hall–Kier alpha value is -2.90. The topological polar surface area (TPSA) is 74.8 Å². The lowest BCUT2D eigenvalue weighted by molar-refractivity contribution is 0.0293. The zero-order valence-electron chi connectivity index (χ0n) is 19.6. The lowest BCUT2D eigenvalue weighted by atomic mass is 9.90. The van der Waals surface area contributed by atoms with Crippen molar-refractivity contribution < 1.29 is 18.7 Å². The number of rotatable bonds is 5. The zero-order chi connectivity index (χ0) is 23.5. The van der Waals surface area contributed by atoms with Gasteiger partial charge in [-0.3, -0.25) is 4.98 Å². The summed E-state index contributed by atoms with van der Waals surface area (Å²) in [6.07, 6.45) is 7.33. The first kappa shape index (κ1) is 23.8. The van der Waals surface area contributed by atoms with Gasteiger partial charge in [0.25, 0.3) is 0 Å². The number of fused-ring (bicyclic) bond motifs is 1. The predicted molar refractivity (Wildman–Crippen MR) is 120 cm³/mol. The van der Waals surface area contributed by atoms with E-state index in [1.807, 2.05) is 26.8 Å². The fraction of sp³-hybridized carbons (Fsp3) is 0.542. The molecule has 1 aromatic heterocycles. The van der Waals surface area contributed by atoms with E-state index in [0.29, 0.717) is 25.6 Å². The van der Waals surface area contributed by atoms with Crippen molar-refractivity contribution in [3.05, 3.63) is 52.8 Å². The van der Waals surface area contributed by atoms with E-state index in [4.69, 9.17) is 4.74 Å². The Morgan fingerprint density at radius 1 is 1.28 bits per heavy atom. The van der Waals surface area contributed by atoms with Crippen LogP contribution in [-0.4, -0.2) is 46.1 Å². The molecule has 0 spiro atoms. The summed E-state index contributed by atoms with van der Waals surface area (Å²) in [4.78, 5) is 32.0. The maximum Gasteiger partial charge on any atom is 0.410 e. The maximum absolute atomic E-state index is 13.3. The highest BCUT2D eigenvalue weighted by Crippen LogP contribution is 2.27. The van der Waals surface area contributed by atoms with Crippen LogP contribution in [0.3, 0.4) is 0 Å². The zero-order valence-corrected chi connectivity index (χ0v) is 19.6. The van der Waals surface area contributed by atoms with Crippen LogP contribution in [0.25, 0.3) is 0 Å². The highest BCUT2D eigenvalue weighted by Gasteiger charge is 2.26. The van der Waals surface area contributed by atoms with Gasteiger partial charge in [-0.2, -0.15) is 0 Å². The molecule has 1 aliphatic carbocycles. The fourth-order valence-corrected chi connectivity index (χ4v) is 3.76. The van der Waals surface area contributed by atoms with Crippen LogP contribution in [0.1, 0.15) is 58.2 Å². The van der Waals surface area contributed by atoms with Gasteiger partial charge in [-0.15, -0.1) is 0 Å². The summed E-state index contributed by atoms with van der Waals surface area (Å²) >= 11 is 0. The van der Waals surface area contributed by atoms with Gasteiger partial charge in [-0.25, -0.2) is 14.0 Å². The molecule has 2 heterocycles. The predicted octanol–water partition coefficient (Wildman–Crippen LogP) is 4.74. The van der Waals surface area contributed by atoms with Gasteiger partial charge in [0.2, 0.25) is 0 Å². The number of ether oxygens (including phenoxy) is 1. The third-order valence-corrected chi connectivity index (χ3v) is 5.70. The van der Waals surface area contributed by atoms with E-state index < -0.39 is 5.60 Å². The highest BCUT2D eigenvalue weighted by molar-refractivity contribution is 5.77. The number of nitrogens with one attached hydrogen (secondary N) is 1. The second-order valence-electron chi connectivity index (χ2n) is 9.57. The van der Waals surface area contributed by atoms with Crippen LogP contribution in [0.4, 0.5) is 14.0 Å². The molecule has 0 radical (unpaired) electrons. The van der Waals surface area contributed by atoms with E-state index in [-0.39, 0.29) is 17.9 Å². The summed E-state index contributed by atoms with van der Waals surface area (Å²) < 4.78 is 18.7. The molecule has 0 saturated carbocycles. The van der Waals surface area contributed by atoms with Gasteiger partial charge in [0.15, 0.2) is 0 Å². The van der Waals surface area contributed by atoms with Gasteiger partial charge in [0, 0.05) is 25.8 Å². The van der Waals surface area contributed by atoms with Crippen molar-refractivity contribution in [2.24, 2.45) is 5.92 Å². The van der Waals surface area contributed by atoms with Crippen molar-refractivity contribution in [3.63, 3.8) is 0 Å². The largest absolute Gasteiger partial charge is 0.444 e. The number of hydrogen-bond acceptors (Lipinski definition) is 4. The van der Waals surface area contributed by atoms with Crippen LogP contribution >= 0.6 is 0 Å². The molecular weight excluding hydrogens is 411 g/mol. The number of allylic oxidation sites excluding steroid dienone is 4. The maximum atomic E-state index is 13.3. The summed E-state index contributed by atoms with van der Waals surface area (Å²) in [6.45, 7) is 9.09. The third-order valence-electron chi connectivity index (χ3n) is 5.70. The second-order valence-corrected chi connectivity index (χ2v) is 9.57. The standard InChI is InChI=1S/C24H33FN4O3/c1-16(10-11-28(5)23(31)32-24(2,3)4)17-6-8-20(9-7-17)27-22(30)29-14-18-12-19(25)13-26-21(18)15-29/h6,8,12-13,16H,7,9-11,14-15H2,1-5H3,(H,27,30). The van der Waals surface area contributed by atoms with Gasteiger partial charge in [-0.1, -0.05) is 18.6 Å². The average molecular weight is 445 g/mol. The number of carbonyl (C=O) groups excluding carboxylic acids is 2. The van der Waals surface area contributed by atoms with Crippen LogP contribution in [0.5, 0.6) is 0 Å². The van der Waals surface area contributed by atoms with E-state index in [1.54, 1.807) is 16.8 Å². The monoisotopic (exact) mass is 444 g/mol. The minimum absolute atomic E-state index is 0.196. The van der Waals surface area contributed by atoms with Gasteiger partial charge < -0.3 is 19.9 Å². The van der Waals surface area contributed by atoms with E-state index in [2.05, 4.69) is 23.3 Å². The molecule has 1 N–H and O–H groups in total. The lowest BCUT2D eigenvalue weighted by Crippen LogP contribution is -2.36. The molecular formula is C24H33FN4O3. The molecule has 0 aromatic carbocycles. The molecule has 3 amide bonds. The molecule has 1 unspecified atom stereocenters. The lowest BCUT2D eigenvalue weighted by Gasteiger charge is -2.26. The summed E-state index contributed by atoms with van der Waals surface area (Å²) in [5.41, 5.74) is 3.16. The molecule has 2 aliphatic rings. The minimum atomic E-state index is -0.501. The van der Waals surface area contributed by atoms with Gasteiger partial charge in [0.1, 0.15) is 11.4 Å². The molecule has 0 bridgehead atoms. The van der Waals surface area contributed by atoms with Crippen LogP contribution in [0, 0.1) is 11.7 Å². The van der Waals surface area contributed by atoms with Crippen molar-refractivity contribution in [3.8, 4) is 0 Å². The number of nitrogens with zero attached hydrogens (tertiary/aromatic N) is 3. The van der Waals surface area contributed by atoms with Gasteiger partial charge in [-0.05, 0) is 63.7 Å². The SMILES string of the molecule is CC(CCN(C)C(=O)OC(C)(C)C)C1=CC=C(NC(=O)N2Cc3cc(F)cnc3C2)CC1. The Morgan fingerprint density at radius 2 is 2.03 bits per heavy atom. The molecule has 8 heteroatoms. The third kappa shape index (κ3) is 6.31. The summed E-state index contributed by atoms with van der Waals surface area (Å²) in [7, 11) is 1.75. The Kier molecular flexibility index (Phi) is 7.21. The van der Waals surface area contributed by atoms with Crippen molar-refractivity contribution >= 4 is 12.1 Å². The van der Waals surface area contributed by atoms with Crippen LogP contribution in [0.2, 0.25) is 0 Å². The summed E-state index contributed by atoms with van der Waals surface area (Å²) in [5, 5.41) is 2.97. The summed E-state index contributed by atoms with van der Waals surface area (Å²) in [6, 6.07) is 1.24. The molecule has 32 heavy (non-hydrogen) atoms. The first-order valence-electron chi connectivity index (χ1n) is 11.0. The van der Waals surface area contributed by atoms with Crippen molar-refractivity contribution in [2.45, 2.75) is 65.6 Å². The molecule has 1 aliphatic heterocycles. The molecule has 174 valence electrons. The quantitative estimate of drug-likeness (QED) is 0.712. The Labute approximate surface area is 189 Å². The fourth-order valence-electron chi connectivity index (χ4n) is 3.76. The number of carbonyl (C=O) groups is 2. The van der Waals surface area contributed by atoms with E-state index in [1.165, 1.54) is 17.8 Å². The van der Waals surface area contributed by atoms with Gasteiger partial charge >= 0.3 is 12.1 Å². The number of hydrogen-bond donors (Lipinski definition) is 1. The molecule has 3 rings (SSSR count). The van der Waals surface area contributed by atoms with Crippen LogP contribution in [0.15, 0.2) is 35.7 Å². The number of pyridine rings is 1. The van der Waals surface area contributed by atoms with E-state index in [0.717, 1.165) is 36.2 Å². The van der Waals surface area contributed by atoms with E-state index in [9.17, 15) is 14.0 Å². The Morgan fingerprint density at radius 3 is 2.69 bits per heavy atom. The minimum Gasteiger partial charge on any atom is -0.444 e. The molecule has 1 aromatic rings. The highest BCUT2D eigenvalue weighted by atomic mass is 19.1. The Balaban J connectivity index is 1.47. The number of halogens is 1. The van der Waals surface area contributed by atoms with Crippen LogP contribution < -0.4 is 5.32 Å².